The molecule has 0 saturated carbocycles. The van der Waals surface area contributed by atoms with Gasteiger partial charge in [-0.2, -0.15) is 0 Å². The molecular formula is C62H96O6. The Balaban J connectivity index is 4.63. The summed E-state index contributed by atoms with van der Waals surface area (Å²) in [7, 11) is 0. The Kier molecular flexibility index (Phi) is 51.1. The van der Waals surface area contributed by atoms with Gasteiger partial charge in [0, 0.05) is 19.3 Å². The van der Waals surface area contributed by atoms with Crippen LogP contribution in [0.25, 0.3) is 0 Å². The van der Waals surface area contributed by atoms with Crippen molar-refractivity contribution in [3.8, 4) is 0 Å². The lowest BCUT2D eigenvalue weighted by Gasteiger charge is -2.18. The summed E-state index contributed by atoms with van der Waals surface area (Å²) < 4.78 is 16.7. The van der Waals surface area contributed by atoms with Crippen molar-refractivity contribution >= 4 is 17.9 Å². The van der Waals surface area contributed by atoms with Gasteiger partial charge in [0.1, 0.15) is 13.2 Å². The molecule has 0 aromatic heterocycles. The Labute approximate surface area is 417 Å². The highest BCUT2D eigenvalue weighted by molar-refractivity contribution is 5.71. The number of carbonyl (C=O) groups is 3. The molecule has 6 nitrogen and oxygen atoms in total. The summed E-state index contributed by atoms with van der Waals surface area (Å²) in [5.41, 5.74) is 0. The standard InChI is InChI=1S/C62H96O6/c1-4-7-10-13-16-19-22-25-27-29-31-33-35-37-40-43-46-49-52-55-61(64)67-58-59(57-66-60(63)54-51-48-45-42-39-24-21-18-15-12-9-6-3)68-62(65)56-53-50-47-44-41-38-36-34-32-30-28-26-23-20-17-14-11-8-5-2/h7-8,10-11,16-17,19-20,25-28,31-34,37-38,40-41,46-47,49-50,59H,4-6,9,12-15,18,21-24,29-30,35-36,39,42-45,48,51-58H2,1-3H3/b10-7-,11-8-,19-16-,20-17-,27-25-,28-26-,33-31-,34-32-,40-37-,41-38-,49-46-,50-47-. The first-order chi connectivity index (χ1) is 33.5. The molecule has 0 saturated heterocycles. The predicted molar refractivity (Wildman–Crippen MR) is 292 cm³/mol. The minimum atomic E-state index is -0.853. The SMILES string of the molecule is CC/C=C\C/C=C\C/C=C\C/C=C\C/C=C\C/C=C\CCC(=O)OCC(COC(=O)CCCCCCCCCCCCCC)OC(=O)CC/C=C\C/C=C\C/C=C\C/C=C\C/C=C\C/C=C\CC. The second kappa shape index (κ2) is 54.9. The largest absolute Gasteiger partial charge is 0.462 e. The van der Waals surface area contributed by atoms with Gasteiger partial charge < -0.3 is 14.2 Å². The van der Waals surface area contributed by atoms with E-state index in [0.29, 0.717) is 19.3 Å². The molecule has 380 valence electrons. The van der Waals surface area contributed by atoms with Crippen LogP contribution in [0.4, 0.5) is 0 Å². The molecular weight excluding hydrogens is 841 g/mol. The molecule has 0 radical (unpaired) electrons. The molecule has 0 aliphatic rings. The van der Waals surface area contributed by atoms with Crippen molar-refractivity contribution in [2.75, 3.05) is 13.2 Å². The lowest BCUT2D eigenvalue weighted by atomic mass is 10.0. The number of unbranched alkanes of at least 4 members (excludes halogenated alkanes) is 11. The van der Waals surface area contributed by atoms with Gasteiger partial charge in [-0.05, 0) is 96.3 Å². The predicted octanol–water partition coefficient (Wildman–Crippen LogP) is 18.0. The molecule has 1 atom stereocenters. The summed E-state index contributed by atoms with van der Waals surface area (Å²) in [4.78, 5) is 38.0. The van der Waals surface area contributed by atoms with Gasteiger partial charge in [0.15, 0.2) is 6.10 Å². The fraction of sp³-hybridized carbons (Fsp3) is 0.565. The van der Waals surface area contributed by atoms with Crippen molar-refractivity contribution < 1.29 is 28.6 Å². The van der Waals surface area contributed by atoms with Crippen LogP contribution in [0.1, 0.15) is 207 Å². The van der Waals surface area contributed by atoms with Crippen LogP contribution in [0.5, 0.6) is 0 Å². The van der Waals surface area contributed by atoms with E-state index in [4.69, 9.17) is 14.2 Å². The summed E-state index contributed by atoms with van der Waals surface area (Å²) in [6, 6.07) is 0. The molecule has 0 amide bonds. The van der Waals surface area contributed by atoms with Gasteiger partial charge >= 0.3 is 17.9 Å². The minimum absolute atomic E-state index is 0.136. The lowest BCUT2D eigenvalue weighted by molar-refractivity contribution is -0.166. The van der Waals surface area contributed by atoms with Crippen molar-refractivity contribution in [2.24, 2.45) is 0 Å². The smallest absolute Gasteiger partial charge is 0.306 e. The van der Waals surface area contributed by atoms with Gasteiger partial charge in [0.25, 0.3) is 0 Å². The molecule has 1 unspecified atom stereocenters. The Morgan fingerprint density at radius 2 is 0.574 bits per heavy atom. The van der Waals surface area contributed by atoms with Gasteiger partial charge in [-0.1, -0.05) is 237 Å². The third-order valence-corrected chi connectivity index (χ3v) is 10.6. The van der Waals surface area contributed by atoms with Gasteiger partial charge in [-0.3, -0.25) is 14.4 Å². The van der Waals surface area contributed by atoms with Crippen LogP contribution in [0, 0.1) is 0 Å². The molecule has 0 aromatic rings. The number of allylic oxidation sites excluding steroid dienone is 24. The van der Waals surface area contributed by atoms with E-state index >= 15 is 0 Å². The molecule has 0 fully saturated rings. The normalized spacial score (nSPS) is 13.3. The average molecular weight is 937 g/mol. The fourth-order valence-electron chi connectivity index (χ4n) is 6.67. The quantitative estimate of drug-likeness (QED) is 0.0262. The first kappa shape index (κ1) is 63.3. The third-order valence-electron chi connectivity index (χ3n) is 10.6. The second-order valence-corrected chi connectivity index (χ2v) is 17.0. The van der Waals surface area contributed by atoms with Crippen LogP contribution < -0.4 is 0 Å². The zero-order valence-corrected chi connectivity index (χ0v) is 43.3. The van der Waals surface area contributed by atoms with Crippen molar-refractivity contribution in [3.05, 3.63) is 146 Å². The first-order valence-corrected chi connectivity index (χ1v) is 26.8. The number of carbonyl (C=O) groups excluding carboxylic acids is 3. The molecule has 0 spiro atoms. The number of ether oxygens (including phenoxy) is 3. The van der Waals surface area contributed by atoms with Crippen LogP contribution in [-0.4, -0.2) is 37.2 Å². The third kappa shape index (κ3) is 52.3. The number of hydrogen-bond donors (Lipinski definition) is 0. The van der Waals surface area contributed by atoms with Crippen molar-refractivity contribution in [1.29, 1.82) is 0 Å². The van der Waals surface area contributed by atoms with Crippen molar-refractivity contribution in [3.63, 3.8) is 0 Å². The van der Waals surface area contributed by atoms with E-state index in [9.17, 15) is 14.4 Å². The van der Waals surface area contributed by atoms with Crippen LogP contribution in [0.2, 0.25) is 0 Å². The minimum Gasteiger partial charge on any atom is -0.462 e. The lowest BCUT2D eigenvalue weighted by Crippen LogP contribution is -2.30. The molecule has 0 aromatic carbocycles. The summed E-state index contributed by atoms with van der Waals surface area (Å²) in [6.45, 7) is 6.26. The van der Waals surface area contributed by atoms with Gasteiger partial charge in [0.2, 0.25) is 0 Å². The summed E-state index contributed by atoms with van der Waals surface area (Å²) in [5, 5.41) is 0. The van der Waals surface area contributed by atoms with E-state index in [1.54, 1.807) is 0 Å². The highest BCUT2D eigenvalue weighted by Crippen LogP contribution is 2.13. The second-order valence-electron chi connectivity index (χ2n) is 17.0. The Morgan fingerprint density at radius 1 is 0.309 bits per heavy atom. The van der Waals surface area contributed by atoms with Gasteiger partial charge in [-0.25, -0.2) is 0 Å². The van der Waals surface area contributed by atoms with Crippen molar-refractivity contribution in [1.82, 2.24) is 0 Å². The highest BCUT2D eigenvalue weighted by atomic mass is 16.6. The van der Waals surface area contributed by atoms with Crippen LogP contribution in [0.15, 0.2) is 146 Å². The number of hydrogen-bond acceptors (Lipinski definition) is 6. The Hall–Kier alpha value is -4.71. The van der Waals surface area contributed by atoms with Crippen LogP contribution >= 0.6 is 0 Å². The maximum absolute atomic E-state index is 12.8. The Morgan fingerprint density at radius 3 is 0.897 bits per heavy atom. The van der Waals surface area contributed by atoms with E-state index in [1.165, 1.54) is 57.8 Å². The average Bonchev–Trinajstić information content (AvgIpc) is 3.34. The summed E-state index contributed by atoms with van der Waals surface area (Å²) in [5.74, 6) is -1.12. The molecule has 68 heavy (non-hydrogen) atoms. The zero-order valence-electron chi connectivity index (χ0n) is 43.3. The van der Waals surface area contributed by atoms with E-state index in [0.717, 1.165) is 96.3 Å². The molecule has 0 aliphatic heterocycles. The zero-order chi connectivity index (χ0) is 49.3. The van der Waals surface area contributed by atoms with Gasteiger partial charge in [-0.15, -0.1) is 0 Å². The number of esters is 3. The maximum atomic E-state index is 12.8. The molecule has 0 aliphatic carbocycles. The van der Waals surface area contributed by atoms with Crippen molar-refractivity contribution in [2.45, 2.75) is 213 Å². The molecule has 0 heterocycles. The van der Waals surface area contributed by atoms with E-state index in [-0.39, 0.29) is 38.0 Å². The molecule has 0 N–H and O–H groups in total. The maximum Gasteiger partial charge on any atom is 0.306 e. The topological polar surface area (TPSA) is 78.9 Å². The van der Waals surface area contributed by atoms with Gasteiger partial charge in [0.05, 0.1) is 0 Å². The van der Waals surface area contributed by atoms with Crippen LogP contribution in [-0.2, 0) is 28.6 Å². The Bertz CT molecular complexity index is 1540. The summed E-state index contributed by atoms with van der Waals surface area (Å²) >= 11 is 0. The monoisotopic (exact) mass is 937 g/mol. The molecule has 0 bridgehead atoms. The van der Waals surface area contributed by atoms with Crippen LogP contribution in [0.3, 0.4) is 0 Å². The first-order valence-electron chi connectivity index (χ1n) is 26.8. The molecule has 6 heteroatoms. The van der Waals surface area contributed by atoms with E-state index in [1.807, 2.05) is 24.3 Å². The summed E-state index contributed by atoms with van der Waals surface area (Å²) in [6.07, 6.45) is 78.6. The molecule has 0 rings (SSSR count). The number of rotatable bonds is 46. The fourth-order valence-corrected chi connectivity index (χ4v) is 6.67. The van der Waals surface area contributed by atoms with E-state index < -0.39 is 12.1 Å². The highest BCUT2D eigenvalue weighted by Gasteiger charge is 2.19. The van der Waals surface area contributed by atoms with E-state index in [2.05, 4.69) is 142 Å².